The first-order valence-electron chi connectivity index (χ1n) is 10.5. The number of nitrogens with one attached hydrogen (secondary N) is 3. The molecule has 1 aromatic carbocycles. The molecule has 4 heterocycles. The lowest BCUT2D eigenvalue weighted by Gasteiger charge is -2.23. The van der Waals surface area contributed by atoms with Crippen molar-refractivity contribution in [1.82, 2.24) is 30.1 Å². The van der Waals surface area contributed by atoms with Crippen molar-refractivity contribution in [2.75, 3.05) is 5.32 Å². The zero-order valence-electron chi connectivity index (χ0n) is 18.2. The van der Waals surface area contributed by atoms with Crippen LogP contribution in [-0.4, -0.2) is 41.5 Å². The first-order valence-corrected chi connectivity index (χ1v) is 10.5. The second-order valence-electron chi connectivity index (χ2n) is 9.18. The van der Waals surface area contributed by atoms with Crippen LogP contribution in [0.3, 0.4) is 0 Å². The molecule has 0 radical (unpaired) electrons. The topological polar surface area (TPSA) is 115 Å². The monoisotopic (exact) mass is 427 g/mol. The van der Waals surface area contributed by atoms with E-state index in [2.05, 4.69) is 62.3 Å². The van der Waals surface area contributed by atoms with E-state index < -0.39 is 6.23 Å². The number of H-pyrrole nitrogens is 2. The van der Waals surface area contributed by atoms with Gasteiger partial charge in [-0.25, -0.2) is 9.97 Å². The van der Waals surface area contributed by atoms with Gasteiger partial charge in [-0.1, -0.05) is 26.8 Å². The lowest BCUT2D eigenvalue weighted by molar-refractivity contribution is 0.145. The van der Waals surface area contributed by atoms with E-state index in [0.717, 1.165) is 38.9 Å². The molecule has 0 spiro atoms. The van der Waals surface area contributed by atoms with Crippen molar-refractivity contribution >= 4 is 27.8 Å². The van der Waals surface area contributed by atoms with Crippen LogP contribution < -0.4 is 5.32 Å². The summed E-state index contributed by atoms with van der Waals surface area (Å²) in [6.07, 6.45) is 5.25. The van der Waals surface area contributed by atoms with Crippen LogP contribution in [0.15, 0.2) is 55.0 Å². The van der Waals surface area contributed by atoms with Crippen molar-refractivity contribution < 1.29 is 5.11 Å². The highest BCUT2D eigenvalue weighted by molar-refractivity contribution is 5.95. The van der Waals surface area contributed by atoms with Crippen molar-refractivity contribution in [2.24, 2.45) is 5.41 Å². The van der Waals surface area contributed by atoms with Crippen LogP contribution in [0.2, 0.25) is 0 Å². The fourth-order valence-electron chi connectivity index (χ4n) is 3.83. The zero-order valence-corrected chi connectivity index (χ0v) is 18.2. The highest BCUT2D eigenvalue weighted by Gasteiger charge is 2.17. The van der Waals surface area contributed by atoms with E-state index in [1.807, 2.05) is 36.5 Å². The van der Waals surface area contributed by atoms with E-state index in [-0.39, 0.29) is 5.41 Å². The molecule has 4 aromatic heterocycles. The fourth-order valence-corrected chi connectivity index (χ4v) is 3.83. The second-order valence-corrected chi connectivity index (χ2v) is 9.18. The summed E-state index contributed by atoms with van der Waals surface area (Å²) in [6, 6.07) is 11.9. The third-order valence-corrected chi connectivity index (χ3v) is 5.26. The molecule has 0 fully saturated rings. The fraction of sp³-hybridized carbons (Fsp3) is 0.250. The average molecular weight is 428 g/mol. The van der Waals surface area contributed by atoms with Crippen molar-refractivity contribution in [3.8, 4) is 22.6 Å². The van der Waals surface area contributed by atoms with Crippen LogP contribution in [0.5, 0.6) is 0 Å². The highest BCUT2D eigenvalue weighted by atomic mass is 16.3. The third kappa shape index (κ3) is 4.04. The van der Waals surface area contributed by atoms with Crippen LogP contribution in [0.25, 0.3) is 44.7 Å². The van der Waals surface area contributed by atoms with Gasteiger partial charge >= 0.3 is 0 Å². The number of aromatic nitrogens is 6. The van der Waals surface area contributed by atoms with Crippen LogP contribution in [-0.2, 0) is 0 Å². The summed E-state index contributed by atoms with van der Waals surface area (Å²) in [5, 5.41) is 22.0. The first kappa shape index (κ1) is 20.1. The molecule has 0 aliphatic heterocycles. The van der Waals surface area contributed by atoms with Gasteiger partial charge in [-0.2, -0.15) is 5.10 Å². The highest BCUT2D eigenvalue weighted by Crippen LogP contribution is 2.31. The van der Waals surface area contributed by atoms with Crippen LogP contribution in [0, 0.1) is 5.41 Å². The van der Waals surface area contributed by atoms with E-state index in [4.69, 9.17) is 0 Å². The Balaban J connectivity index is 1.48. The number of fused-ring (bicyclic) bond motifs is 2. The molecule has 162 valence electrons. The van der Waals surface area contributed by atoms with Crippen LogP contribution >= 0.6 is 0 Å². The number of aliphatic hydroxyl groups excluding tert-OH is 1. The van der Waals surface area contributed by atoms with Gasteiger partial charge in [0.1, 0.15) is 11.9 Å². The number of nitrogens with zero attached hydrogens (tertiary/aromatic N) is 4. The van der Waals surface area contributed by atoms with E-state index in [1.165, 1.54) is 0 Å². The molecule has 0 saturated carbocycles. The molecule has 1 atom stereocenters. The molecular weight excluding hydrogens is 402 g/mol. The molecule has 5 aromatic rings. The molecule has 5 rings (SSSR count). The van der Waals surface area contributed by atoms with Gasteiger partial charge < -0.3 is 15.4 Å². The average Bonchev–Trinajstić information content (AvgIpc) is 3.35. The molecule has 0 amide bonds. The quantitative estimate of drug-likeness (QED) is 0.301. The van der Waals surface area contributed by atoms with Crippen molar-refractivity contribution in [3.05, 3.63) is 55.0 Å². The van der Waals surface area contributed by atoms with Gasteiger partial charge in [-0.15, -0.1) is 0 Å². The summed E-state index contributed by atoms with van der Waals surface area (Å²) in [5.74, 6) is 0.668. The maximum Gasteiger partial charge on any atom is 0.178 e. The Labute approximate surface area is 185 Å². The number of pyridine rings is 2. The molecule has 32 heavy (non-hydrogen) atoms. The van der Waals surface area contributed by atoms with Gasteiger partial charge in [-0.05, 0) is 47.7 Å². The number of imidazole rings is 1. The summed E-state index contributed by atoms with van der Waals surface area (Å²) in [7, 11) is 0. The Morgan fingerprint density at radius 3 is 2.75 bits per heavy atom. The maximum atomic E-state index is 10.4. The molecule has 0 aliphatic rings. The number of benzene rings is 1. The van der Waals surface area contributed by atoms with Gasteiger partial charge in [0.05, 0.1) is 22.9 Å². The first-order chi connectivity index (χ1) is 15.4. The van der Waals surface area contributed by atoms with Crippen LogP contribution in [0.1, 0.15) is 27.2 Å². The van der Waals surface area contributed by atoms with Gasteiger partial charge in [0.2, 0.25) is 0 Å². The Bertz CT molecular complexity index is 1360. The smallest absolute Gasteiger partial charge is 0.178 e. The molecule has 8 nitrogen and oxygen atoms in total. The van der Waals surface area contributed by atoms with E-state index in [0.29, 0.717) is 17.9 Å². The molecule has 0 aliphatic carbocycles. The molecule has 8 heteroatoms. The van der Waals surface area contributed by atoms with Crippen molar-refractivity contribution in [1.29, 1.82) is 0 Å². The van der Waals surface area contributed by atoms with Gasteiger partial charge in [0.25, 0.3) is 0 Å². The normalized spacial score (nSPS) is 13.0. The minimum Gasteiger partial charge on any atom is -0.374 e. The lowest BCUT2D eigenvalue weighted by atomic mass is 9.91. The number of anilines is 1. The number of hydrogen-bond acceptors (Lipinski definition) is 6. The predicted molar refractivity (Wildman–Crippen MR) is 126 cm³/mol. The standard InChI is InChI=1S/C24H25N7O/c1-24(2,3)11-20(32)27-16-9-15(12-25-13-16)14-6-7-18-17(10-14)21(31-30-18)23-28-19-5-4-8-26-22(19)29-23/h4-10,12-13,20,27,32H,11H2,1-3H3,(H,30,31)(H,26,28,29). The van der Waals surface area contributed by atoms with Crippen molar-refractivity contribution in [3.63, 3.8) is 0 Å². The number of hydrogen-bond donors (Lipinski definition) is 4. The van der Waals surface area contributed by atoms with E-state index in [9.17, 15) is 5.11 Å². The number of aliphatic hydroxyl groups is 1. The Morgan fingerprint density at radius 1 is 1.06 bits per heavy atom. The number of aromatic amines is 2. The second kappa shape index (κ2) is 7.72. The Kier molecular flexibility index (Phi) is 4.86. The molecule has 0 bridgehead atoms. The summed E-state index contributed by atoms with van der Waals surface area (Å²) in [6.45, 7) is 6.30. The number of rotatable bonds is 5. The molecule has 4 N–H and O–H groups in total. The van der Waals surface area contributed by atoms with Gasteiger partial charge in [0, 0.05) is 23.3 Å². The Hall–Kier alpha value is -3.78. The summed E-state index contributed by atoms with van der Waals surface area (Å²) >= 11 is 0. The summed E-state index contributed by atoms with van der Waals surface area (Å²) in [4.78, 5) is 16.5. The van der Waals surface area contributed by atoms with E-state index in [1.54, 1.807) is 12.4 Å². The Morgan fingerprint density at radius 2 is 1.94 bits per heavy atom. The molecular formula is C24H25N7O. The van der Waals surface area contributed by atoms with Gasteiger partial charge in [0.15, 0.2) is 11.5 Å². The molecule has 0 saturated heterocycles. The minimum absolute atomic E-state index is 0.0202. The van der Waals surface area contributed by atoms with Gasteiger partial charge in [-0.3, -0.25) is 10.1 Å². The van der Waals surface area contributed by atoms with E-state index >= 15 is 0 Å². The zero-order chi connectivity index (χ0) is 22.3. The van der Waals surface area contributed by atoms with Crippen molar-refractivity contribution in [2.45, 2.75) is 33.4 Å². The minimum atomic E-state index is -0.642. The SMILES string of the molecule is CC(C)(C)CC(O)Nc1cncc(-c2ccc3[nH]nc(-c4nc5ncccc5[nH]4)c3c2)c1. The lowest BCUT2D eigenvalue weighted by Crippen LogP contribution is -2.25. The van der Waals surface area contributed by atoms with Crippen LogP contribution in [0.4, 0.5) is 5.69 Å². The molecule has 1 unspecified atom stereocenters. The maximum absolute atomic E-state index is 10.4. The summed E-state index contributed by atoms with van der Waals surface area (Å²) in [5.41, 5.74) is 5.91. The summed E-state index contributed by atoms with van der Waals surface area (Å²) < 4.78 is 0. The largest absolute Gasteiger partial charge is 0.374 e. The predicted octanol–water partition coefficient (Wildman–Crippen LogP) is 4.73. The third-order valence-electron chi connectivity index (χ3n) is 5.26.